The van der Waals surface area contributed by atoms with Gasteiger partial charge >= 0.3 is 0 Å². The number of benzene rings is 1. The Kier molecular flexibility index (Phi) is 9.89. The van der Waals surface area contributed by atoms with Crippen molar-refractivity contribution in [3.63, 3.8) is 0 Å². The molecule has 1 fully saturated rings. The molecule has 1 atom stereocenters. The highest BCUT2D eigenvalue weighted by Crippen LogP contribution is 2.23. The van der Waals surface area contributed by atoms with Crippen LogP contribution >= 0.6 is 0 Å². The van der Waals surface area contributed by atoms with Crippen LogP contribution in [0.25, 0.3) is 21.3 Å². The van der Waals surface area contributed by atoms with Crippen molar-refractivity contribution in [3.05, 3.63) is 44.8 Å². The fraction of sp³-hybridized carbons (Fsp3) is 0.500. The molecule has 1 unspecified atom stereocenters. The van der Waals surface area contributed by atoms with Gasteiger partial charge in [0.05, 0.1) is 44.1 Å². The van der Waals surface area contributed by atoms with Crippen molar-refractivity contribution in [1.29, 1.82) is 0 Å². The molecule has 0 bridgehead atoms. The number of piperidine rings is 1. The van der Waals surface area contributed by atoms with E-state index in [2.05, 4.69) is 25.6 Å². The number of fused-ring (bicyclic) bond motifs is 1. The predicted octanol–water partition coefficient (Wildman–Crippen LogP) is 0.981. The summed E-state index contributed by atoms with van der Waals surface area (Å²) in [5.74, 6) is -1.06. The van der Waals surface area contributed by atoms with E-state index >= 15 is 0 Å². The average molecular weight is 502 g/mol. The molecule has 1 saturated heterocycles. The molecule has 1 aliphatic rings. The minimum atomic E-state index is -0.828. The minimum absolute atomic E-state index is 0.133. The van der Waals surface area contributed by atoms with Crippen molar-refractivity contribution >= 4 is 34.3 Å². The normalized spacial score (nSPS) is 15.4. The molecular weight excluding hydrogens is 474 g/mol. The van der Waals surface area contributed by atoms with Gasteiger partial charge in [-0.3, -0.25) is 29.1 Å². The summed E-state index contributed by atoms with van der Waals surface area (Å²) in [5.41, 5.74) is 8.35. The highest BCUT2D eigenvalue weighted by molar-refractivity contribution is 6.01. The van der Waals surface area contributed by atoms with Crippen molar-refractivity contribution in [1.82, 2.24) is 14.9 Å². The van der Waals surface area contributed by atoms with E-state index < -0.39 is 23.4 Å². The molecule has 0 aliphatic carbocycles. The average Bonchev–Trinajstić information content (AvgIpc) is 2.84. The summed E-state index contributed by atoms with van der Waals surface area (Å²) in [6, 6.07) is 3.96. The lowest BCUT2D eigenvalue weighted by Crippen LogP contribution is -2.45. The van der Waals surface area contributed by atoms with Gasteiger partial charge in [-0.05, 0) is 31.0 Å². The van der Waals surface area contributed by atoms with Gasteiger partial charge in [0.15, 0.2) is 0 Å². The molecule has 0 radical (unpaired) electrons. The van der Waals surface area contributed by atoms with Crippen LogP contribution in [0.15, 0.2) is 28.1 Å². The van der Waals surface area contributed by atoms with Gasteiger partial charge in [-0.25, -0.2) is 4.98 Å². The number of hydrogen-bond acceptors (Lipinski definition) is 9. The standard InChI is InChI=1S/C22H27N7O7/c1-14-25-20-15(22(33)29(14)17-5-6-18(30)27-21(17)32)3-2-4-16(20)26-19(31)13-36-12-11-35-10-9-34-8-7-24-28-23/h2-4,17H,5-13H2,1H3,(H,26,31)(H,27,30,32). The Hall–Kier alpha value is -3.84. The van der Waals surface area contributed by atoms with Gasteiger partial charge in [0, 0.05) is 17.9 Å². The smallest absolute Gasteiger partial charge is 0.262 e. The molecule has 1 aliphatic heterocycles. The number of nitrogens with zero attached hydrogens (tertiary/aromatic N) is 5. The molecule has 14 nitrogen and oxygen atoms in total. The summed E-state index contributed by atoms with van der Waals surface area (Å²) in [6.45, 7) is 3.08. The van der Waals surface area contributed by atoms with Gasteiger partial charge in [0.25, 0.3) is 5.56 Å². The molecule has 1 aromatic carbocycles. The maximum Gasteiger partial charge on any atom is 0.262 e. The van der Waals surface area contributed by atoms with E-state index in [0.717, 1.165) is 0 Å². The maximum atomic E-state index is 13.2. The topological polar surface area (TPSA) is 187 Å². The molecule has 0 spiro atoms. The monoisotopic (exact) mass is 501 g/mol. The quantitative estimate of drug-likeness (QED) is 0.134. The number of anilines is 1. The zero-order valence-electron chi connectivity index (χ0n) is 19.8. The second kappa shape index (κ2) is 13.3. The minimum Gasteiger partial charge on any atom is -0.379 e. The Bertz CT molecular complexity index is 1220. The lowest BCUT2D eigenvalue weighted by atomic mass is 10.1. The Labute approximate surface area is 205 Å². The summed E-state index contributed by atoms with van der Waals surface area (Å²) >= 11 is 0. The zero-order valence-corrected chi connectivity index (χ0v) is 19.8. The molecule has 1 aromatic heterocycles. The third-order valence-corrected chi connectivity index (χ3v) is 5.28. The Morgan fingerprint density at radius 2 is 1.92 bits per heavy atom. The van der Waals surface area contributed by atoms with E-state index in [-0.39, 0.29) is 50.5 Å². The number of azide groups is 1. The molecule has 36 heavy (non-hydrogen) atoms. The number of nitrogens with one attached hydrogen (secondary N) is 2. The Morgan fingerprint density at radius 1 is 1.19 bits per heavy atom. The fourth-order valence-corrected chi connectivity index (χ4v) is 3.67. The fourth-order valence-electron chi connectivity index (χ4n) is 3.67. The third-order valence-electron chi connectivity index (χ3n) is 5.28. The number of para-hydroxylation sites is 1. The molecule has 2 N–H and O–H groups in total. The summed E-state index contributed by atoms with van der Waals surface area (Å²) in [7, 11) is 0. The molecule has 0 saturated carbocycles. The first-order valence-electron chi connectivity index (χ1n) is 11.3. The van der Waals surface area contributed by atoms with E-state index in [1.807, 2.05) is 0 Å². The number of aromatic nitrogens is 2. The van der Waals surface area contributed by atoms with Gasteiger partial charge in [-0.1, -0.05) is 11.2 Å². The van der Waals surface area contributed by atoms with Crippen molar-refractivity contribution in [3.8, 4) is 0 Å². The van der Waals surface area contributed by atoms with Crippen LogP contribution in [-0.4, -0.2) is 73.5 Å². The number of hydrogen-bond donors (Lipinski definition) is 2. The third kappa shape index (κ3) is 7.09. The molecule has 3 amide bonds. The van der Waals surface area contributed by atoms with Gasteiger partial charge in [0.1, 0.15) is 24.0 Å². The summed E-state index contributed by atoms with van der Waals surface area (Å²) in [4.78, 5) is 56.4. The largest absolute Gasteiger partial charge is 0.379 e. The van der Waals surface area contributed by atoms with E-state index in [4.69, 9.17) is 19.7 Å². The first-order chi connectivity index (χ1) is 17.4. The van der Waals surface area contributed by atoms with Crippen LogP contribution in [0.2, 0.25) is 0 Å². The molecule has 3 rings (SSSR count). The van der Waals surface area contributed by atoms with Crippen molar-refractivity contribution in [2.24, 2.45) is 5.11 Å². The van der Waals surface area contributed by atoms with Crippen LogP contribution < -0.4 is 16.2 Å². The van der Waals surface area contributed by atoms with Crippen LogP contribution in [0.3, 0.4) is 0 Å². The van der Waals surface area contributed by atoms with Crippen LogP contribution in [-0.2, 0) is 28.6 Å². The van der Waals surface area contributed by atoms with Gasteiger partial charge in [-0.15, -0.1) is 0 Å². The number of carbonyl (C=O) groups excluding carboxylic acids is 3. The first kappa shape index (κ1) is 26.8. The predicted molar refractivity (Wildman–Crippen MR) is 127 cm³/mol. The van der Waals surface area contributed by atoms with Gasteiger partial charge in [0.2, 0.25) is 17.7 Å². The first-order valence-corrected chi connectivity index (χ1v) is 11.3. The van der Waals surface area contributed by atoms with Crippen molar-refractivity contribution < 1.29 is 28.6 Å². The summed E-state index contributed by atoms with van der Waals surface area (Å²) < 4.78 is 17.1. The van der Waals surface area contributed by atoms with E-state index in [0.29, 0.717) is 36.8 Å². The highest BCUT2D eigenvalue weighted by atomic mass is 16.5. The van der Waals surface area contributed by atoms with Crippen LogP contribution in [0.1, 0.15) is 24.7 Å². The molecular formula is C22H27N7O7. The van der Waals surface area contributed by atoms with Crippen LogP contribution in [0.4, 0.5) is 5.69 Å². The molecule has 2 aromatic rings. The molecule has 192 valence electrons. The second-order valence-corrected chi connectivity index (χ2v) is 7.78. The van der Waals surface area contributed by atoms with E-state index in [1.54, 1.807) is 25.1 Å². The maximum absolute atomic E-state index is 13.2. The number of rotatable bonds is 13. The van der Waals surface area contributed by atoms with Crippen LogP contribution in [0.5, 0.6) is 0 Å². The molecule has 14 heteroatoms. The summed E-state index contributed by atoms with van der Waals surface area (Å²) in [5, 5.41) is 8.52. The van der Waals surface area contributed by atoms with Crippen molar-refractivity contribution in [2.75, 3.05) is 51.5 Å². The highest BCUT2D eigenvalue weighted by Gasteiger charge is 2.30. The van der Waals surface area contributed by atoms with Crippen LogP contribution in [0, 0.1) is 6.92 Å². The van der Waals surface area contributed by atoms with Gasteiger partial charge in [-0.2, -0.15) is 0 Å². The van der Waals surface area contributed by atoms with E-state index in [1.165, 1.54) is 4.57 Å². The number of ether oxygens (including phenoxy) is 3. The summed E-state index contributed by atoms with van der Waals surface area (Å²) in [6.07, 6.45) is 0.342. The van der Waals surface area contributed by atoms with E-state index in [9.17, 15) is 19.2 Å². The Balaban J connectivity index is 1.53. The number of carbonyl (C=O) groups is 3. The lowest BCUT2D eigenvalue weighted by molar-refractivity contribution is -0.135. The van der Waals surface area contributed by atoms with Gasteiger partial charge < -0.3 is 19.5 Å². The lowest BCUT2D eigenvalue weighted by Gasteiger charge is -2.24. The number of aryl methyl sites for hydroxylation is 1. The second-order valence-electron chi connectivity index (χ2n) is 7.78. The molecule has 2 heterocycles. The number of amides is 3. The number of imide groups is 1. The zero-order chi connectivity index (χ0) is 25.9. The van der Waals surface area contributed by atoms with Crippen molar-refractivity contribution in [2.45, 2.75) is 25.8 Å². The SMILES string of the molecule is Cc1nc2c(NC(=O)COCCOCCOCCN=[N+]=[N-])cccc2c(=O)n1C1CCC(=O)NC1=O. The Morgan fingerprint density at radius 3 is 2.64 bits per heavy atom.